The van der Waals surface area contributed by atoms with Gasteiger partial charge in [0.25, 0.3) is 0 Å². The monoisotopic (exact) mass is 226 g/mol. The second kappa shape index (κ2) is 15.6. The van der Waals surface area contributed by atoms with E-state index in [1.54, 1.807) is 0 Å². The number of carboxylic acids is 2. The molecule has 5 nitrogen and oxygen atoms in total. The third-order valence-corrected chi connectivity index (χ3v) is 0.341. The number of aliphatic carboxylic acids is 2. The molecule has 1 atom stereocenters. The van der Waals surface area contributed by atoms with E-state index in [1.807, 2.05) is 0 Å². The largest absolute Gasteiger partial charge is 1.00 e. The van der Waals surface area contributed by atoms with Crippen molar-refractivity contribution in [2.45, 2.75) is 20.0 Å². The molecule has 0 rings (SSSR count). The standard InChI is InChI=1S/C3H6O3.C2H4O2.2K/c1-2(4)3(5)6;1-2(3)4;;/h2,4H,1H3,(H,5,6);1H3,(H,3,4);;/q;;2*+1/p-2. The van der Waals surface area contributed by atoms with E-state index in [-0.39, 0.29) is 103 Å². The second-order valence-electron chi connectivity index (χ2n) is 1.49. The summed E-state index contributed by atoms with van der Waals surface area (Å²) in [5.41, 5.74) is 0. The Kier molecular flexibility index (Phi) is 31.0. The molecule has 1 N–H and O–H groups in total. The summed E-state index contributed by atoms with van der Waals surface area (Å²) in [4.78, 5) is 18.2. The molecule has 0 aliphatic carbocycles. The van der Waals surface area contributed by atoms with Gasteiger partial charge < -0.3 is 24.9 Å². The van der Waals surface area contributed by atoms with Crippen molar-refractivity contribution in [3.05, 3.63) is 0 Å². The topological polar surface area (TPSA) is 100 Å². The van der Waals surface area contributed by atoms with Crippen LogP contribution >= 0.6 is 0 Å². The number of rotatable bonds is 1. The molecule has 0 aromatic rings. The molecule has 0 aromatic heterocycles. The summed E-state index contributed by atoms with van der Waals surface area (Å²) >= 11 is 0. The summed E-state index contributed by atoms with van der Waals surface area (Å²) in [5, 5.41) is 26.2. The van der Waals surface area contributed by atoms with Gasteiger partial charge in [-0.3, -0.25) is 0 Å². The minimum atomic E-state index is -1.44. The predicted molar refractivity (Wildman–Crippen MR) is 27.4 cm³/mol. The summed E-state index contributed by atoms with van der Waals surface area (Å²) in [5.74, 6) is -2.52. The van der Waals surface area contributed by atoms with Gasteiger partial charge in [0.15, 0.2) is 0 Å². The van der Waals surface area contributed by atoms with Crippen molar-refractivity contribution in [3.63, 3.8) is 0 Å². The number of carbonyl (C=O) groups excluding carboxylic acids is 2. The number of aliphatic hydroxyl groups is 1. The quantitative estimate of drug-likeness (QED) is 0.447. The van der Waals surface area contributed by atoms with Gasteiger partial charge in [-0.15, -0.1) is 0 Å². The first-order valence-corrected chi connectivity index (χ1v) is 2.44. The Hall–Kier alpha value is 2.17. The van der Waals surface area contributed by atoms with Crippen LogP contribution in [-0.2, 0) is 9.59 Å². The second-order valence-corrected chi connectivity index (χ2v) is 1.49. The van der Waals surface area contributed by atoms with E-state index in [9.17, 15) is 9.90 Å². The van der Waals surface area contributed by atoms with E-state index in [0.717, 1.165) is 13.8 Å². The molecule has 0 aliphatic heterocycles. The SMILES string of the molecule is CC(=O)[O-].CC(O)C(=O)[O-].[K+].[K+]. The van der Waals surface area contributed by atoms with Crippen LogP contribution in [0.25, 0.3) is 0 Å². The molecular formula is C5H8K2O5. The van der Waals surface area contributed by atoms with Crippen molar-refractivity contribution in [1.82, 2.24) is 0 Å². The van der Waals surface area contributed by atoms with E-state index >= 15 is 0 Å². The molecule has 0 spiro atoms. The van der Waals surface area contributed by atoms with Crippen LogP contribution in [0.2, 0.25) is 0 Å². The first-order chi connectivity index (χ1) is 4.37. The van der Waals surface area contributed by atoms with E-state index in [1.165, 1.54) is 0 Å². The minimum Gasteiger partial charge on any atom is -0.550 e. The summed E-state index contributed by atoms with van der Waals surface area (Å²) in [7, 11) is 0. The molecule has 0 bridgehead atoms. The van der Waals surface area contributed by atoms with Crippen LogP contribution in [0, 0.1) is 0 Å². The van der Waals surface area contributed by atoms with Crippen molar-refractivity contribution in [3.8, 4) is 0 Å². The molecule has 0 saturated heterocycles. The van der Waals surface area contributed by atoms with E-state index in [0.29, 0.717) is 0 Å². The van der Waals surface area contributed by atoms with Crippen LogP contribution < -0.4 is 113 Å². The molecule has 0 heterocycles. The van der Waals surface area contributed by atoms with Crippen molar-refractivity contribution >= 4 is 11.9 Å². The number of aliphatic hydroxyl groups excluding tert-OH is 1. The molecule has 0 aromatic carbocycles. The van der Waals surface area contributed by atoms with Gasteiger partial charge in [0.1, 0.15) is 0 Å². The van der Waals surface area contributed by atoms with Crippen LogP contribution in [0.3, 0.4) is 0 Å². The fourth-order valence-electron chi connectivity index (χ4n) is 0. The summed E-state index contributed by atoms with van der Waals surface area (Å²) in [6, 6.07) is 0. The third kappa shape index (κ3) is 39.9. The van der Waals surface area contributed by atoms with Crippen LogP contribution in [0.5, 0.6) is 0 Å². The molecule has 0 aliphatic rings. The van der Waals surface area contributed by atoms with Crippen LogP contribution in [0.4, 0.5) is 0 Å². The van der Waals surface area contributed by atoms with Crippen LogP contribution in [0.1, 0.15) is 13.8 Å². The van der Waals surface area contributed by atoms with Crippen LogP contribution in [0.15, 0.2) is 0 Å². The number of carboxylic acid groups (broad SMARTS) is 2. The zero-order valence-corrected chi connectivity index (χ0v) is 13.9. The maximum Gasteiger partial charge on any atom is 1.00 e. The van der Waals surface area contributed by atoms with Gasteiger partial charge in [0, 0.05) is 5.97 Å². The Labute approximate surface area is 156 Å². The normalized spacial score (nSPS) is 8.92. The van der Waals surface area contributed by atoms with Gasteiger partial charge in [-0.25, -0.2) is 0 Å². The molecular weight excluding hydrogens is 218 g/mol. The van der Waals surface area contributed by atoms with Gasteiger partial charge in [-0.2, -0.15) is 0 Å². The Bertz CT molecular complexity index is 121. The fourth-order valence-corrected chi connectivity index (χ4v) is 0. The van der Waals surface area contributed by atoms with Gasteiger partial charge in [0.2, 0.25) is 0 Å². The maximum absolute atomic E-state index is 9.34. The Morgan fingerprint density at radius 2 is 1.33 bits per heavy atom. The molecule has 12 heavy (non-hydrogen) atoms. The Morgan fingerprint density at radius 1 is 1.25 bits per heavy atom. The van der Waals surface area contributed by atoms with Gasteiger partial charge in [-0.1, -0.05) is 0 Å². The van der Waals surface area contributed by atoms with Gasteiger partial charge in [0.05, 0.1) is 12.1 Å². The van der Waals surface area contributed by atoms with Crippen molar-refractivity contribution < 1.29 is 128 Å². The summed E-state index contributed by atoms with van der Waals surface area (Å²) in [6.45, 7) is 2.11. The van der Waals surface area contributed by atoms with Gasteiger partial charge in [-0.05, 0) is 13.8 Å². The molecule has 1 unspecified atom stereocenters. The first kappa shape index (κ1) is 23.8. The average molecular weight is 226 g/mol. The molecule has 0 fully saturated rings. The first-order valence-electron chi connectivity index (χ1n) is 2.44. The smallest absolute Gasteiger partial charge is 0.550 e. The number of hydrogen-bond donors (Lipinski definition) is 1. The Morgan fingerprint density at radius 3 is 1.33 bits per heavy atom. The Balaban J connectivity index is -0.0000000483. The summed E-state index contributed by atoms with van der Waals surface area (Å²) < 4.78 is 0. The van der Waals surface area contributed by atoms with Gasteiger partial charge >= 0.3 is 103 Å². The fraction of sp³-hybridized carbons (Fsp3) is 0.600. The molecule has 7 heteroatoms. The molecule has 0 saturated carbocycles. The zero-order chi connectivity index (χ0) is 8.73. The van der Waals surface area contributed by atoms with Crippen molar-refractivity contribution in [2.24, 2.45) is 0 Å². The average Bonchev–Trinajstić information content (AvgIpc) is 1.63. The molecule has 0 amide bonds. The van der Waals surface area contributed by atoms with Crippen molar-refractivity contribution in [1.29, 1.82) is 0 Å². The number of carbonyl (C=O) groups is 2. The molecule has 0 radical (unpaired) electrons. The van der Waals surface area contributed by atoms with E-state index in [4.69, 9.17) is 15.0 Å². The van der Waals surface area contributed by atoms with Crippen molar-refractivity contribution in [2.75, 3.05) is 0 Å². The minimum absolute atomic E-state index is 0. The third-order valence-electron chi connectivity index (χ3n) is 0.341. The van der Waals surface area contributed by atoms with E-state index < -0.39 is 18.0 Å². The maximum atomic E-state index is 9.34. The predicted octanol–water partition coefficient (Wildman–Crippen LogP) is -9.12. The van der Waals surface area contributed by atoms with Crippen LogP contribution in [-0.4, -0.2) is 23.1 Å². The zero-order valence-electron chi connectivity index (χ0n) is 7.66. The summed E-state index contributed by atoms with van der Waals surface area (Å²) in [6.07, 6.45) is -1.34. The van der Waals surface area contributed by atoms with E-state index in [2.05, 4.69) is 0 Å². The molecule has 60 valence electrons. The number of hydrogen-bond acceptors (Lipinski definition) is 5.